The lowest BCUT2D eigenvalue weighted by molar-refractivity contribution is -0.121. The molecule has 0 radical (unpaired) electrons. The van der Waals surface area contributed by atoms with Crippen LogP contribution < -0.4 is 10.9 Å². The average Bonchev–Trinajstić information content (AvgIpc) is 2.98. The van der Waals surface area contributed by atoms with Crippen LogP contribution in [0.4, 0.5) is 0 Å². The molecule has 0 aliphatic carbocycles. The van der Waals surface area contributed by atoms with E-state index in [9.17, 15) is 18.0 Å². The van der Waals surface area contributed by atoms with Gasteiger partial charge in [-0.05, 0) is 31.4 Å². The third-order valence-corrected chi connectivity index (χ3v) is 7.65. The van der Waals surface area contributed by atoms with E-state index < -0.39 is 9.84 Å². The molecular formula is C21H25N3O4S2. The summed E-state index contributed by atoms with van der Waals surface area (Å²) in [4.78, 5) is 33.3. The van der Waals surface area contributed by atoms with Gasteiger partial charge in [0.25, 0.3) is 5.56 Å². The summed E-state index contributed by atoms with van der Waals surface area (Å²) in [6, 6.07) is 9.04. The van der Waals surface area contributed by atoms with Crippen LogP contribution >= 0.6 is 11.3 Å². The van der Waals surface area contributed by atoms with Gasteiger partial charge in [0.1, 0.15) is 10.7 Å². The molecule has 1 amide bonds. The Bertz CT molecular complexity index is 1200. The Kier molecular flexibility index (Phi) is 7.04. The zero-order chi connectivity index (χ0) is 21.7. The number of benzene rings is 1. The summed E-state index contributed by atoms with van der Waals surface area (Å²) in [5.74, 6) is 0.307. The minimum absolute atomic E-state index is 0.00493. The summed E-state index contributed by atoms with van der Waals surface area (Å²) in [7, 11) is -3.21. The molecule has 2 aromatic heterocycles. The van der Waals surface area contributed by atoms with Crippen molar-refractivity contribution in [3.05, 3.63) is 62.5 Å². The van der Waals surface area contributed by atoms with Gasteiger partial charge in [-0.1, -0.05) is 30.3 Å². The van der Waals surface area contributed by atoms with E-state index >= 15 is 0 Å². The molecule has 2 heterocycles. The number of hydrogen-bond donors (Lipinski definition) is 2. The number of fused-ring (bicyclic) bond motifs is 1. The van der Waals surface area contributed by atoms with Gasteiger partial charge in [0.05, 0.1) is 16.9 Å². The molecular weight excluding hydrogens is 422 g/mol. The van der Waals surface area contributed by atoms with Crippen molar-refractivity contribution >= 4 is 37.3 Å². The van der Waals surface area contributed by atoms with Gasteiger partial charge in [-0.2, -0.15) is 0 Å². The van der Waals surface area contributed by atoms with E-state index in [1.807, 2.05) is 32.0 Å². The van der Waals surface area contributed by atoms with Gasteiger partial charge in [-0.15, -0.1) is 11.3 Å². The molecule has 0 saturated heterocycles. The highest BCUT2D eigenvalue weighted by atomic mass is 32.2. The van der Waals surface area contributed by atoms with Crippen LogP contribution in [-0.4, -0.2) is 36.6 Å². The van der Waals surface area contributed by atoms with Crippen LogP contribution in [0.3, 0.4) is 0 Å². The number of hydrogen-bond acceptors (Lipinski definition) is 6. The topological polar surface area (TPSA) is 109 Å². The number of thiophene rings is 1. The summed E-state index contributed by atoms with van der Waals surface area (Å²) in [5.41, 5.74) is 1.52. The molecule has 3 rings (SSSR count). The van der Waals surface area contributed by atoms with Crippen molar-refractivity contribution in [3.8, 4) is 0 Å². The Morgan fingerprint density at radius 3 is 2.67 bits per heavy atom. The number of carbonyl (C=O) groups excluding carboxylic acids is 1. The molecule has 2 N–H and O–H groups in total. The first-order valence-corrected chi connectivity index (χ1v) is 12.4. The Hall–Kier alpha value is -2.52. The lowest BCUT2D eigenvalue weighted by Crippen LogP contribution is -2.26. The summed E-state index contributed by atoms with van der Waals surface area (Å²) < 4.78 is 24.3. The van der Waals surface area contributed by atoms with Crippen LogP contribution in [0.5, 0.6) is 0 Å². The van der Waals surface area contributed by atoms with Crippen molar-refractivity contribution < 1.29 is 13.2 Å². The van der Waals surface area contributed by atoms with Gasteiger partial charge >= 0.3 is 0 Å². The van der Waals surface area contributed by atoms with Gasteiger partial charge in [-0.3, -0.25) is 9.59 Å². The first-order chi connectivity index (χ1) is 14.2. The number of sulfone groups is 1. The van der Waals surface area contributed by atoms with Crippen molar-refractivity contribution in [1.29, 1.82) is 0 Å². The standard InChI is InChI=1S/C21H25N3O4S2/c1-14-15(2)29-21-19(14)20(26)23-17(24-21)9-10-18(25)22-11-6-12-30(27,28)13-16-7-4-3-5-8-16/h3-5,7-8H,6,9-13H2,1-2H3,(H,22,25)(H,23,24,26). The predicted molar refractivity (Wildman–Crippen MR) is 120 cm³/mol. The van der Waals surface area contributed by atoms with E-state index in [0.29, 0.717) is 35.4 Å². The molecule has 1 aromatic carbocycles. The molecule has 160 valence electrons. The minimum atomic E-state index is -3.21. The third-order valence-electron chi connectivity index (χ3n) is 4.86. The molecule has 0 fully saturated rings. The maximum Gasteiger partial charge on any atom is 0.259 e. The molecule has 0 aliphatic heterocycles. The zero-order valence-electron chi connectivity index (χ0n) is 17.0. The number of nitrogens with zero attached hydrogens (tertiary/aromatic N) is 1. The van der Waals surface area contributed by atoms with E-state index in [0.717, 1.165) is 16.0 Å². The van der Waals surface area contributed by atoms with Crippen LogP contribution in [0.2, 0.25) is 0 Å². The van der Waals surface area contributed by atoms with E-state index in [1.54, 1.807) is 12.1 Å². The smallest absolute Gasteiger partial charge is 0.259 e. The van der Waals surface area contributed by atoms with Gasteiger partial charge in [-0.25, -0.2) is 13.4 Å². The van der Waals surface area contributed by atoms with E-state index in [1.165, 1.54) is 11.3 Å². The van der Waals surface area contributed by atoms with Gasteiger partial charge in [0.2, 0.25) is 5.91 Å². The highest BCUT2D eigenvalue weighted by Crippen LogP contribution is 2.25. The van der Waals surface area contributed by atoms with Crippen molar-refractivity contribution in [3.63, 3.8) is 0 Å². The number of amides is 1. The van der Waals surface area contributed by atoms with Crippen molar-refractivity contribution in [1.82, 2.24) is 15.3 Å². The van der Waals surface area contributed by atoms with E-state index in [4.69, 9.17) is 0 Å². The Labute approximate surface area is 179 Å². The van der Waals surface area contributed by atoms with Gasteiger partial charge in [0.15, 0.2) is 9.84 Å². The summed E-state index contributed by atoms with van der Waals surface area (Å²) in [6.07, 6.45) is 0.851. The number of rotatable bonds is 9. The molecule has 0 spiro atoms. The quantitative estimate of drug-likeness (QED) is 0.490. The SMILES string of the molecule is Cc1sc2nc(CCC(=O)NCCCS(=O)(=O)Cc3ccccc3)[nH]c(=O)c2c1C. The van der Waals surface area contributed by atoms with Crippen molar-refractivity contribution in [2.45, 2.75) is 38.9 Å². The highest BCUT2D eigenvalue weighted by molar-refractivity contribution is 7.90. The first-order valence-electron chi connectivity index (χ1n) is 9.75. The van der Waals surface area contributed by atoms with Crippen molar-refractivity contribution in [2.24, 2.45) is 0 Å². The molecule has 3 aromatic rings. The summed E-state index contributed by atoms with van der Waals surface area (Å²) in [6.45, 7) is 4.14. The number of nitrogens with one attached hydrogen (secondary N) is 2. The number of aryl methyl sites for hydroxylation is 3. The second kappa shape index (κ2) is 9.53. The molecule has 0 aliphatic rings. The number of aromatic amines is 1. The van der Waals surface area contributed by atoms with Gasteiger partial charge < -0.3 is 10.3 Å². The molecule has 0 atom stereocenters. The fraction of sp³-hybridized carbons (Fsp3) is 0.381. The Balaban J connectivity index is 1.44. The second-order valence-corrected chi connectivity index (χ2v) is 10.6. The predicted octanol–water partition coefficient (Wildman–Crippen LogP) is 2.66. The molecule has 9 heteroatoms. The van der Waals surface area contributed by atoms with Crippen LogP contribution in [0.15, 0.2) is 35.1 Å². The van der Waals surface area contributed by atoms with E-state index in [2.05, 4.69) is 15.3 Å². The Morgan fingerprint density at radius 1 is 1.20 bits per heavy atom. The van der Waals surface area contributed by atoms with E-state index in [-0.39, 0.29) is 29.4 Å². The van der Waals surface area contributed by atoms with Gasteiger partial charge in [0, 0.05) is 24.3 Å². The average molecular weight is 448 g/mol. The fourth-order valence-electron chi connectivity index (χ4n) is 3.16. The summed E-state index contributed by atoms with van der Waals surface area (Å²) in [5, 5.41) is 3.35. The number of aromatic nitrogens is 2. The fourth-order valence-corrected chi connectivity index (χ4v) is 5.64. The Morgan fingerprint density at radius 2 is 1.93 bits per heavy atom. The second-order valence-electron chi connectivity index (χ2n) is 7.26. The molecule has 7 nitrogen and oxygen atoms in total. The van der Waals surface area contributed by atoms with Crippen LogP contribution in [-0.2, 0) is 26.8 Å². The first kappa shape index (κ1) is 22.2. The maximum atomic E-state index is 12.3. The largest absolute Gasteiger partial charge is 0.356 e. The van der Waals surface area contributed by atoms with Crippen molar-refractivity contribution in [2.75, 3.05) is 12.3 Å². The highest BCUT2D eigenvalue weighted by Gasteiger charge is 2.14. The normalized spacial score (nSPS) is 11.7. The molecule has 0 unspecified atom stereocenters. The number of H-pyrrole nitrogens is 1. The maximum absolute atomic E-state index is 12.3. The van der Waals surface area contributed by atoms with Crippen LogP contribution in [0.1, 0.15) is 34.7 Å². The van der Waals surface area contributed by atoms with Crippen LogP contribution in [0, 0.1) is 13.8 Å². The lowest BCUT2D eigenvalue weighted by Gasteiger charge is -2.07. The zero-order valence-corrected chi connectivity index (χ0v) is 18.7. The lowest BCUT2D eigenvalue weighted by atomic mass is 10.2. The summed E-state index contributed by atoms with van der Waals surface area (Å²) >= 11 is 1.47. The molecule has 0 saturated carbocycles. The molecule has 30 heavy (non-hydrogen) atoms. The number of carbonyl (C=O) groups is 1. The monoisotopic (exact) mass is 447 g/mol. The third kappa shape index (κ3) is 5.76. The minimum Gasteiger partial charge on any atom is -0.356 e. The van der Waals surface area contributed by atoms with Crippen LogP contribution in [0.25, 0.3) is 10.2 Å². The molecule has 0 bridgehead atoms.